The Bertz CT molecular complexity index is 1700. The highest BCUT2D eigenvalue weighted by molar-refractivity contribution is 7.22. The van der Waals surface area contributed by atoms with Crippen LogP contribution in [0.1, 0.15) is 29.7 Å². The average molecular weight is 563 g/mol. The number of aromatic nitrogens is 1. The number of amides is 1. The zero-order chi connectivity index (χ0) is 27.4. The van der Waals surface area contributed by atoms with E-state index < -0.39 is 17.7 Å². The van der Waals surface area contributed by atoms with Crippen molar-refractivity contribution in [3.63, 3.8) is 0 Å². The molecule has 1 saturated heterocycles. The first-order valence-corrected chi connectivity index (χ1v) is 13.4. The van der Waals surface area contributed by atoms with Gasteiger partial charge in [0.05, 0.1) is 36.1 Å². The normalized spacial score (nSPS) is 19.8. The number of ketones is 1. The van der Waals surface area contributed by atoms with Gasteiger partial charge in [-0.05, 0) is 66.6 Å². The maximum Gasteiger partial charge on any atom is 0.301 e. The molecule has 2 aliphatic heterocycles. The van der Waals surface area contributed by atoms with Crippen molar-refractivity contribution in [3.05, 3.63) is 81.9 Å². The molecule has 198 valence electrons. The predicted molar refractivity (Wildman–Crippen MR) is 149 cm³/mol. The molecular weight excluding hydrogens is 540 g/mol. The molecule has 1 aromatic heterocycles. The molecule has 0 aliphatic carbocycles. The number of rotatable bonds is 5. The summed E-state index contributed by atoms with van der Waals surface area (Å²) in [4.78, 5) is 33.1. The molecule has 1 N–H and O–H groups in total. The van der Waals surface area contributed by atoms with E-state index in [1.165, 1.54) is 30.5 Å². The van der Waals surface area contributed by atoms with Gasteiger partial charge in [-0.2, -0.15) is 0 Å². The summed E-state index contributed by atoms with van der Waals surface area (Å²) >= 11 is 7.41. The second kappa shape index (κ2) is 9.59. The van der Waals surface area contributed by atoms with E-state index in [-0.39, 0.29) is 17.4 Å². The van der Waals surface area contributed by atoms with E-state index in [9.17, 15) is 14.7 Å². The zero-order valence-electron chi connectivity index (χ0n) is 21.2. The van der Waals surface area contributed by atoms with Crippen molar-refractivity contribution < 1.29 is 28.9 Å². The molecule has 39 heavy (non-hydrogen) atoms. The van der Waals surface area contributed by atoms with Crippen LogP contribution >= 0.6 is 22.9 Å². The topological polar surface area (TPSA) is 98.2 Å². The summed E-state index contributed by atoms with van der Waals surface area (Å²) in [5.41, 5.74) is 2.48. The summed E-state index contributed by atoms with van der Waals surface area (Å²) in [6.45, 7) is 1.97. The minimum Gasteiger partial charge on any atom is -0.507 e. The fraction of sp³-hybridized carbons (Fsp3) is 0.207. The van der Waals surface area contributed by atoms with E-state index in [2.05, 4.69) is 4.98 Å². The number of fused-ring (bicyclic) bond motifs is 2. The Kier molecular flexibility index (Phi) is 6.20. The van der Waals surface area contributed by atoms with Gasteiger partial charge in [-0.15, -0.1) is 0 Å². The van der Waals surface area contributed by atoms with E-state index >= 15 is 0 Å². The molecule has 2 unspecified atom stereocenters. The average Bonchev–Trinajstić information content (AvgIpc) is 3.59. The summed E-state index contributed by atoms with van der Waals surface area (Å²) in [5.74, 6) is -0.235. The first-order chi connectivity index (χ1) is 18.8. The lowest BCUT2D eigenvalue weighted by atomic mass is 9.94. The summed E-state index contributed by atoms with van der Waals surface area (Å²) in [5, 5.41) is 12.4. The van der Waals surface area contributed by atoms with Crippen LogP contribution in [0.5, 0.6) is 17.2 Å². The number of ether oxygens (including phenoxy) is 3. The van der Waals surface area contributed by atoms with Gasteiger partial charge in [0.1, 0.15) is 17.6 Å². The van der Waals surface area contributed by atoms with Crippen molar-refractivity contribution in [2.75, 3.05) is 19.1 Å². The van der Waals surface area contributed by atoms with Crippen molar-refractivity contribution >= 4 is 55.7 Å². The number of thiazole rings is 1. The van der Waals surface area contributed by atoms with Crippen LogP contribution in [0.15, 0.2) is 60.2 Å². The third-order valence-corrected chi connectivity index (χ3v) is 8.14. The number of anilines is 1. The predicted octanol–water partition coefficient (Wildman–Crippen LogP) is 5.92. The second-order valence-corrected chi connectivity index (χ2v) is 10.8. The molecule has 8 nitrogen and oxygen atoms in total. The highest BCUT2D eigenvalue weighted by Gasteiger charge is 2.48. The van der Waals surface area contributed by atoms with Crippen LogP contribution in [0, 0.1) is 0 Å². The number of nitrogens with zero attached hydrogens (tertiary/aromatic N) is 2. The van der Waals surface area contributed by atoms with Crippen LogP contribution in [0.4, 0.5) is 5.13 Å². The monoisotopic (exact) mass is 562 g/mol. The molecule has 0 bridgehead atoms. The fourth-order valence-electron chi connectivity index (χ4n) is 5.08. The van der Waals surface area contributed by atoms with Gasteiger partial charge in [0.2, 0.25) is 0 Å². The zero-order valence-corrected chi connectivity index (χ0v) is 22.8. The number of halogens is 1. The van der Waals surface area contributed by atoms with Gasteiger partial charge in [-0.3, -0.25) is 14.5 Å². The number of hydrogen-bond acceptors (Lipinski definition) is 8. The van der Waals surface area contributed by atoms with Gasteiger partial charge in [0, 0.05) is 17.0 Å². The third-order valence-electron chi connectivity index (χ3n) is 6.88. The minimum atomic E-state index is -0.968. The van der Waals surface area contributed by atoms with Gasteiger partial charge in [-0.1, -0.05) is 29.0 Å². The van der Waals surface area contributed by atoms with E-state index in [4.69, 9.17) is 25.8 Å². The number of aliphatic hydroxyl groups is 1. The first kappa shape index (κ1) is 25.2. The van der Waals surface area contributed by atoms with Crippen LogP contribution in [0.2, 0.25) is 5.02 Å². The van der Waals surface area contributed by atoms with Crippen LogP contribution in [0.25, 0.3) is 16.0 Å². The van der Waals surface area contributed by atoms with Gasteiger partial charge in [0.15, 0.2) is 16.6 Å². The number of Topliss-reactive ketones (excluding diaryl/α,β-unsaturated/α-hetero) is 1. The van der Waals surface area contributed by atoms with Gasteiger partial charge < -0.3 is 19.3 Å². The Morgan fingerprint density at radius 2 is 1.87 bits per heavy atom. The molecule has 6 rings (SSSR count). The summed E-state index contributed by atoms with van der Waals surface area (Å²) in [7, 11) is 3.03. The molecule has 1 amide bonds. The van der Waals surface area contributed by atoms with Gasteiger partial charge in [0.25, 0.3) is 5.78 Å². The van der Waals surface area contributed by atoms with Crippen molar-refractivity contribution in [1.82, 2.24) is 4.98 Å². The summed E-state index contributed by atoms with van der Waals surface area (Å²) in [6.07, 6.45) is 0.695. The number of methoxy groups -OCH3 is 2. The SMILES string of the molecule is COc1ccc(C2C(=C(O)c3ccc4c(c3)CC(C)O4)C(=O)C(=O)N2c2nc3ccc(Cl)cc3s2)cc1OC. The molecule has 1 fully saturated rings. The lowest BCUT2D eigenvalue weighted by molar-refractivity contribution is -0.132. The molecule has 0 radical (unpaired) electrons. The largest absolute Gasteiger partial charge is 0.507 e. The number of hydrogen-bond donors (Lipinski definition) is 1. The Morgan fingerprint density at radius 1 is 1.08 bits per heavy atom. The highest BCUT2D eigenvalue weighted by Crippen LogP contribution is 2.46. The molecule has 2 atom stereocenters. The quantitative estimate of drug-likeness (QED) is 0.183. The molecule has 4 aromatic rings. The Balaban J connectivity index is 1.55. The molecule has 3 aromatic carbocycles. The maximum atomic E-state index is 13.6. The molecular formula is C29H23ClN2O6S. The molecule has 0 spiro atoms. The third kappa shape index (κ3) is 4.18. The lowest BCUT2D eigenvalue weighted by Crippen LogP contribution is -2.29. The standard InChI is InChI=1S/C29H23ClN2O6S/c1-14-10-17-11-16(5-8-20(17)38-14)26(33)24-25(15-4-9-21(36-2)22(12-15)37-3)32(28(35)27(24)34)29-31-19-7-6-18(30)13-23(19)39-29/h4-9,11-14,25,33H,10H2,1-3H3. The smallest absolute Gasteiger partial charge is 0.301 e. The minimum absolute atomic E-state index is 0.0160. The van der Waals surface area contributed by atoms with Crippen molar-refractivity contribution in [2.24, 2.45) is 0 Å². The molecule has 0 saturated carbocycles. The van der Waals surface area contributed by atoms with Crippen LogP contribution in [-0.4, -0.2) is 42.1 Å². The van der Waals surface area contributed by atoms with Gasteiger partial charge in [-0.25, -0.2) is 4.98 Å². The fourth-order valence-corrected chi connectivity index (χ4v) is 6.35. The number of aliphatic hydroxyl groups excluding tert-OH is 1. The Hall–Kier alpha value is -4.08. The molecule has 10 heteroatoms. The summed E-state index contributed by atoms with van der Waals surface area (Å²) < 4.78 is 17.4. The van der Waals surface area contributed by atoms with E-state index in [1.807, 2.05) is 6.92 Å². The number of benzene rings is 3. The van der Waals surface area contributed by atoms with E-state index in [1.54, 1.807) is 54.6 Å². The summed E-state index contributed by atoms with van der Waals surface area (Å²) in [6, 6.07) is 14.6. The van der Waals surface area contributed by atoms with Crippen molar-refractivity contribution in [1.29, 1.82) is 0 Å². The van der Waals surface area contributed by atoms with Crippen LogP contribution in [0.3, 0.4) is 0 Å². The van der Waals surface area contributed by atoms with Crippen LogP contribution < -0.4 is 19.1 Å². The van der Waals surface area contributed by atoms with E-state index in [0.29, 0.717) is 44.7 Å². The van der Waals surface area contributed by atoms with Crippen LogP contribution in [-0.2, 0) is 16.0 Å². The highest BCUT2D eigenvalue weighted by atomic mass is 35.5. The Morgan fingerprint density at radius 3 is 2.64 bits per heavy atom. The van der Waals surface area contributed by atoms with Crippen molar-refractivity contribution in [3.8, 4) is 17.2 Å². The molecule has 3 heterocycles. The van der Waals surface area contributed by atoms with Crippen molar-refractivity contribution in [2.45, 2.75) is 25.5 Å². The lowest BCUT2D eigenvalue weighted by Gasteiger charge is -2.23. The first-order valence-electron chi connectivity index (χ1n) is 12.2. The number of carbonyl (C=O) groups excluding carboxylic acids is 2. The second-order valence-electron chi connectivity index (χ2n) is 9.35. The molecule has 2 aliphatic rings. The Labute approximate surface area is 233 Å². The van der Waals surface area contributed by atoms with Gasteiger partial charge >= 0.3 is 5.91 Å². The van der Waals surface area contributed by atoms with E-state index in [0.717, 1.165) is 16.0 Å². The maximum absolute atomic E-state index is 13.6. The number of carbonyl (C=O) groups is 2.